The van der Waals surface area contributed by atoms with Crippen molar-refractivity contribution in [2.45, 2.75) is 42.6 Å². The van der Waals surface area contributed by atoms with E-state index < -0.39 is 17.2 Å². The summed E-state index contributed by atoms with van der Waals surface area (Å²) in [7, 11) is 0. The van der Waals surface area contributed by atoms with Gasteiger partial charge < -0.3 is 9.88 Å². The third-order valence-corrected chi connectivity index (χ3v) is 5.67. The molecule has 2 aromatic carbocycles. The van der Waals surface area contributed by atoms with Crippen LogP contribution >= 0.6 is 11.8 Å². The lowest BCUT2D eigenvalue weighted by Crippen LogP contribution is -2.13. The number of fused-ring (bicyclic) bond motifs is 1. The molecule has 0 saturated heterocycles. The average molecular weight is 450 g/mol. The molecule has 1 amide bonds. The van der Waals surface area contributed by atoms with E-state index in [2.05, 4.69) is 15.5 Å². The van der Waals surface area contributed by atoms with E-state index in [0.29, 0.717) is 11.4 Å². The average Bonchev–Trinajstić information content (AvgIpc) is 2.97. The number of nitrogens with one attached hydrogen (secondary N) is 1. The maximum atomic E-state index is 14.4. The van der Waals surface area contributed by atoms with Gasteiger partial charge in [-0.25, -0.2) is 4.39 Å². The highest BCUT2D eigenvalue weighted by atomic mass is 32.2. The number of carbonyl (C=O) groups excluding carboxylic acids is 1. The van der Waals surface area contributed by atoms with E-state index in [-0.39, 0.29) is 27.9 Å². The van der Waals surface area contributed by atoms with Crippen molar-refractivity contribution >= 4 is 23.4 Å². The van der Waals surface area contributed by atoms with Crippen molar-refractivity contribution in [3.63, 3.8) is 0 Å². The van der Waals surface area contributed by atoms with Gasteiger partial charge in [0, 0.05) is 29.0 Å². The molecule has 1 aliphatic heterocycles. The van der Waals surface area contributed by atoms with Crippen molar-refractivity contribution in [3.8, 4) is 11.4 Å². The van der Waals surface area contributed by atoms with E-state index in [1.165, 1.54) is 36.4 Å². The smallest absolute Gasteiger partial charge is 0.319 e. The summed E-state index contributed by atoms with van der Waals surface area (Å²) in [5, 5.41) is 11.0. The molecular formula is C21H18F4N4OS. The van der Waals surface area contributed by atoms with Gasteiger partial charge in [0.25, 0.3) is 5.91 Å². The van der Waals surface area contributed by atoms with Gasteiger partial charge in [0.15, 0.2) is 5.82 Å². The van der Waals surface area contributed by atoms with Gasteiger partial charge in [0.1, 0.15) is 11.6 Å². The molecule has 0 unspecified atom stereocenters. The Bertz CT molecular complexity index is 1100. The number of nitrogens with zero attached hydrogens (tertiary/aromatic N) is 3. The molecule has 1 aromatic heterocycles. The Kier molecular flexibility index (Phi) is 5.99. The molecule has 0 bridgehead atoms. The second-order valence-electron chi connectivity index (χ2n) is 7.12. The summed E-state index contributed by atoms with van der Waals surface area (Å²) < 4.78 is 53.7. The summed E-state index contributed by atoms with van der Waals surface area (Å²) in [5.41, 5.74) is -3.71. The molecule has 2 heterocycles. The van der Waals surface area contributed by atoms with Crippen LogP contribution in [0.4, 0.5) is 23.2 Å². The molecule has 0 aliphatic carbocycles. The minimum Gasteiger partial charge on any atom is -0.319 e. The van der Waals surface area contributed by atoms with E-state index in [1.54, 1.807) is 6.07 Å². The maximum Gasteiger partial charge on any atom is 0.446 e. The van der Waals surface area contributed by atoms with Crippen LogP contribution in [0.5, 0.6) is 0 Å². The largest absolute Gasteiger partial charge is 0.446 e. The van der Waals surface area contributed by atoms with Crippen molar-refractivity contribution in [3.05, 3.63) is 59.7 Å². The molecular weight excluding hydrogens is 432 g/mol. The monoisotopic (exact) mass is 450 g/mol. The standard InChI is InChI=1S/C21H18F4N4OS/c22-16-10-7-14(19-28-27-18-4-2-1-3-11-29(18)19)12-17(16)26-20(30)13-5-8-15(9-6-13)31-21(23,24)25/h5-10,12H,1-4,11H2,(H,26,30). The summed E-state index contributed by atoms with van der Waals surface area (Å²) in [6.07, 6.45) is 3.99. The lowest BCUT2D eigenvalue weighted by molar-refractivity contribution is -0.0328. The summed E-state index contributed by atoms with van der Waals surface area (Å²) in [5.74, 6) is 0.247. The van der Waals surface area contributed by atoms with E-state index >= 15 is 0 Å². The fraction of sp³-hybridized carbons (Fsp3) is 0.286. The number of rotatable bonds is 4. The molecule has 0 fully saturated rings. The number of hydrogen-bond donors (Lipinski definition) is 1. The van der Waals surface area contributed by atoms with Crippen LogP contribution in [0.2, 0.25) is 0 Å². The van der Waals surface area contributed by atoms with Gasteiger partial charge in [-0.1, -0.05) is 6.42 Å². The van der Waals surface area contributed by atoms with Gasteiger partial charge in [0.2, 0.25) is 0 Å². The lowest BCUT2D eigenvalue weighted by Gasteiger charge is -2.11. The van der Waals surface area contributed by atoms with E-state index in [4.69, 9.17) is 0 Å². The number of halogens is 4. The number of aryl methyl sites for hydroxylation is 1. The number of carbonyl (C=O) groups is 1. The number of alkyl halides is 3. The second-order valence-corrected chi connectivity index (χ2v) is 8.26. The molecule has 162 valence electrons. The molecule has 3 aromatic rings. The molecule has 4 rings (SSSR count). The summed E-state index contributed by atoms with van der Waals surface area (Å²) in [4.78, 5) is 12.5. The predicted octanol–water partition coefficient (Wildman–Crippen LogP) is 5.67. The summed E-state index contributed by atoms with van der Waals surface area (Å²) in [6.45, 7) is 0.777. The number of benzene rings is 2. The zero-order valence-corrected chi connectivity index (χ0v) is 17.1. The Balaban J connectivity index is 1.54. The van der Waals surface area contributed by atoms with Gasteiger partial charge in [-0.05, 0) is 67.1 Å². The Morgan fingerprint density at radius 3 is 2.55 bits per heavy atom. The number of amides is 1. The number of hydrogen-bond acceptors (Lipinski definition) is 4. The molecule has 0 spiro atoms. The Hall–Kier alpha value is -2.88. The van der Waals surface area contributed by atoms with Crippen molar-refractivity contribution < 1.29 is 22.4 Å². The van der Waals surface area contributed by atoms with Crippen LogP contribution in [0.3, 0.4) is 0 Å². The van der Waals surface area contributed by atoms with Crippen molar-refractivity contribution in [2.24, 2.45) is 0 Å². The normalized spacial score (nSPS) is 14.1. The van der Waals surface area contributed by atoms with Gasteiger partial charge in [-0.2, -0.15) is 13.2 Å². The van der Waals surface area contributed by atoms with Crippen LogP contribution in [-0.4, -0.2) is 26.2 Å². The first-order chi connectivity index (χ1) is 14.8. The van der Waals surface area contributed by atoms with Crippen LogP contribution in [0, 0.1) is 5.82 Å². The van der Waals surface area contributed by atoms with E-state index in [1.807, 2.05) is 4.57 Å². The highest BCUT2D eigenvalue weighted by Crippen LogP contribution is 2.36. The van der Waals surface area contributed by atoms with Gasteiger partial charge in [-0.15, -0.1) is 10.2 Å². The van der Waals surface area contributed by atoms with E-state index in [9.17, 15) is 22.4 Å². The maximum absolute atomic E-state index is 14.4. The first-order valence-corrected chi connectivity index (χ1v) is 10.5. The summed E-state index contributed by atoms with van der Waals surface area (Å²) in [6, 6.07) is 9.25. The van der Waals surface area contributed by atoms with Gasteiger partial charge in [0.05, 0.1) is 5.69 Å². The summed E-state index contributed by atoms with van der Waals surface area (Å²) >= 11 is -0.266. The van der Waals surface area contributed by atoms with Crippen LogP contribution in [-0.2, 0) is 13.0 Å². The van der Waals surface area contributed by atoms with Crippen LogP contribution in [0.25, 0.3) is 11.4 Å². The third kappa shape index (κ3) is 5.07. The van der Waals surface area contributed by atoms with Crippen LogP contribution in [0.15, 0.2) is 47.4 Å². The number of aromatic nitrogens is 3. The number of thioether (sulfide) groups is 1. The van der Waals surface area contributed by atoms with Crippen molar-refractivity contribution in [2.75, 3.05) is 5.32 Å². The molecule has 1 N–H and O–H groups in total. The molecule has 0 atom stereocenters. The minimum absolute atomic E-state index is 0.0373. The molecule has 1 aliphatic rings. The quantitative estimate of drug-likeness (QED) is 0.411. The Morgan fingerprint density at radius 2 is 1.81 bits per heavy atom. The highest BCUT2D eigenvalue weighted by Gasteiger charge is 2.29. The first-order valence-electron chi connectivity index (χ1n) is 9.69. The molecule has 31 heavy (non-hydrogen) atoms. The number of anilines is 1. The first kappa shape index (κ1) is 21.4. The molecule has 10 heteroatoms. The molecule has 0 saturated carbocycles. The molecule has 5 nitrogen and oxygen atoms in total. The second kappa shape index (κ2) is 8.70. The van der Waals surface area contributed by atoms with Gasteiger partial charge in [-0.3, -0.25) is 4.79 Å². The van der Waals surface area contributed by atoms with Crippen molar-refractivity contribution in [1.82, 2.24) is 14.8 Å². The van der Waals surface area contributed by atoms with Gasteiger partial charge >= 0.3 is 5.51 Å². The minimum atomic E-state index is -4.41. The van der Waals surface area contributed by atoms with Crippen LogP contribution < -0.4 is 5.32 Å². The zero-order valence-electron chi connectivity index (χ0n) is 16.2. The fourth-order valence-electron chi connectivity index (χ4n) is 3.46. The Labute approximate surface area is 179 Å². The van der Waals surface area contributed by atoms with E-state index in [0.717, 1.165) is 38.1 Å². The SMILES string of the molecule is O=C(Nc1cc(-c2nnc3n2CCCCC3)ccc1F)c1ccc(SC(F)(F)F)cc1. The Morgan fingerprint density at radius 1 is 1.03 bits per heavy atom. The zero-order chi connectivity index (χ0) is 22.0. The lowest BCUT2D eigenvalue weighted by atomic mass is 10.1. The predicted molar refractivity (Wildman–Crippen MR) is 109 cm³/mol. The van der Waals surface area contributed by atoms with Crippen molar-refractivity contribution in [1.29, 1.82) is 0 Å². The third-order valence-electron chi connectivity index (χ3n) is 4.93. The fourth-order valence-corrected chi connectivity index (χ4v) is 4.00. The highest BCUT2D eigenvalue weighted by molar-refractivity contribution is 8.00. The molecule has 0 radical (unpaired) electrons. The topological polar surface area (TPSA) is 59.8 Å². The van der Waals surface area contributed by atoms with Crippen LogP contribution in [0.1, 0.15) is 35.4 Å².